The van der Waals surface area contributed by atoms with Gasteiger partial charge in [-0.1, -0.05) is 0 Å². The van der Waals surface area contributed by atoms with E-state index in [0.29, 0.717) is 0 Å². The number of ether oxygens (including phenoxy) is 1. The van der Waals surface area contributed by atoms with Crippen molar-refractivity contribution in [3.05, 3.63) is 12.2 Å². The molecule has 3 N–H and O–H groups in total. The van der Waals surface area contributed by atoms with Crippen LogP contribution in [-0.2, 0) is 4.74 Å². The van der Waals surface area contributed by atoms with Crippen LogP contribution < -0.4 is 11.2 Å². The molecular formula is C10H18N4O. The molecule has 0 aromatic carbocycles. The lowest BCUT2D eigenvalue weighted by molar-refractivity contribution is -0.0148. The Labute approximate surface area is 90.0 Å². The molecule has 1 unspecified atom stereocenters. The highest BCUT2D eigenvalue weighted by molar-refractivity contribution is 5.94. The predicted octanol–water partition coefficient (Wildman–Crippen LogP) is -0.145. The molecule has 5 heteroatoms. The zero-order valence-electron chi connectivity index (χ0n) is 9.23. The van der Waals surface area contributed by atoms with E-state index in [1.54, 1.807) is 0 Å². The highest BCUT2D eigenvalue weighted by atomic mass is 16.5. The molecule has 0 aromatic heterocycles. The maximum Gasteiger partial charge on any atom is 0.148 e. The average Bonchev–Trinajstić information content (AvgIpc) is 2.19. The van der Waals surface area contributed by atoms with E-state index in [0.717, 1.165) is 25.6 Å². The van der Waals surface area contributed by atoms with Crippen LogP contribution in [0.15, 0.2) is 17.3 Å². The van der Waals surface area contributed by atoms with E-state index in [9.17, 15) is 0 Å². The third-order valence-electron chi connectivity index (χ3n) is 2.70. The summed E-state index contributed by atoms with van der Waals surface area (Å²) in [5, 5.41) is 4.25. The van der Waals surface area contributed by atoms with Gasteiger partial charge in [-0.25, -0.2) is 0 Å². The maximum absolute atomic E-state index is 5.65. The zero-order valence-corrected chi connectivity index (χ0v) is 9.23. The molecule has 1 atom stereocenters. The van der Waals surface area contributed by atoms with E-state index in [1.807, 2.05) is 12.2 Å². The summed E-state index contributed by atoms with van der Waals surface area (Å²) in [6, 6.07) is 0. The summed E-state index contributed by atoms with van der Waals surface area (Å²) in [4.78, 5) is 2.24. The Bertz CT molecular complexity index is 298. The van der Waals surface area contributed by atoms with Gasteiger partial charge < -0.3 is 15.4 Å². The number of nitrogens with zero attached hydrogens (tertiary/aromatic N) is 2. The molecule has 0 radical (unpaired) electrons. The number of rotatable bonds is 0. The van der Waals surface area contributed by atoms with Gasteiger partial charge in [0.25, 0.3) is 0 Å². The Kier molecular flexibility index (Phi) is 2.67. The molecule has 1 saturated heterocycles. The first kappa shape index (κ1) is 10.4. The van der Waals surface area contributed by atoms with Gasteiger partial charge in [-0.05, 0) is 26.0 Å². The second-order valence-electron chi connectivity index (χ2n) is 4.50. The molecule has 2 rings (SSSR count). The molecule has 0 bridgehead atoms. The minimum atomic E-state index is -0.169. The summed E-state index contributed by atoms with van der Waals surface area (Å²) >= 11 is 0. The topological polar surface area (TPSA) is 62.9 Å². The summed E-state index contributed by atoms with van der Waals surface area (Å²) in [6.45, 7) is 6.65. The quantitative estimate of drug-likeness (QED) is 0.584. The van der Waals surface area contributed by atoms with Crippen molar-refractivity contribution in [1.82, 2.24) is 10.3 Å². The van der Waals surface area contributed by atoms with Gasteiger partial charge in [0.2, 0.25) is 0 Å². The van der Waals surface area contributed by atoms with Crippen LogP contribution in [0.1, 0.15) is 13.8 Å². The van der Waals surface area contributed by atoms with Gasteiger partial charge in [0.1, 0.15) is 12.0 Å². The van der Waals surface area contributed by atoms with Gasteiger partial charge >= 0.3 is 0 Å². The lowest BCUT2D eigenvalue weighted by Crippen LogP contribution is -2.56. The number of nitrogens with two attached hydrogens (primary N) is 1. The van der Waals surface area contributed by atoms with Crippen molar-refractivity contribution in [2.24, 2.45) is 10.8 Å². The van der Waals surface area contributed by atoms with Crippen LogP contribution in [0.3, 0.4) is 0 Å². The predicted molar refractivity (Wildman–Crippen MR) is 59.3 cm³/mol. The summed E-state index contributed by atoms with van der Waals surface area (Å²) in [6.07, 6.45) is 3.71. The molecule has 2 aliphatic rings. The molecule has 2 aliphatic heterocycles. The van der Waals surface area contributed by atoms with Crippen molar-refractivity contribution < 1.29 is 4.74 Å². The normalized spacial score (nSPS) is 29.7. The van der Waals surface area contributed by atoms with Crippen molar-refractivity contribution in [2.75, 3.05) is 19.8 Å². The first-order chi connectivity index (χ1) is 7.09. The molecule has 0 spiro atoms. The van der Waals surface area contributed by atoms with Gasteiger partial charge in [0, 0.05) is 6.54 Å². The second-order valence-corrected chi connectivity index (χ2v) is 4.50. The number of amidine groups is 1. The van der Waals surface area contributed by atoms with Crippen LogP contribution in [0.4, 0.5) is 0 Å². The van der Waals surface area contributed by atoms with Crippen molar-refractivity contribution in [1.29, 1.82) is 0 Å². The fourth-order valence-corrected chi connectivity index (χ4v) is 1.84. The second kappa shape index (κ2) is 3.83. The first-order valence-electron chi connectivity index (χ1n) is 5.22. The summed E-state index contributed by atoms with van der Waals surface area (Å²) < 4.78 is 5.46. The van der Waals surface area contributed by atoms with Crippen molar-refractivity contribution >= 4 is 5.84 Å². The van der Waals surface area contributed by atoms with E-state index in [4.69, 9.17) is 10.5 Å². The monoisotopic (exact) mass is 210 g/mol. The molecule has 1 fully saturated rings. The Morgan fingerprint density at radius 3 is 3.07 bits per heavy atom. The van der Waals surface area contributed by atoms with Gasteiger partial charge in [-0.2, -0.15) is 5.10 Å². The zero-order chi connectivity index (χ0) is 10.9. The van der Waals surface area contributed by atoms with Crippen molar-refractivity contribution in [2.45, 2.75) is 25.6 Å². The van der Waals surface area contributed by atoms with Crippen LogP contribution in [-0.4, -0.2) is 42.2 Å². The Balaban J connectivity index is 2.13. The molecule has 84 valence electrons. The summed E-state index contributed by atoms with van der Waals surface area (Å²) in [7, 11) is 0. The fraction of sp³-hybridized carbons (Fsp3) is 0.700. The minimum absolute atomic E-state index is 0.00939. The third kappa shape index (κ3) is 2.13. The molecule has 0 amide bonds. The fourth-order valence-electron chi connectivity index (χ4n) is 1.84. The third-order valence-corrected chi connectivity index (χ3v) is 2.70. The van der Waals surface area contributed by atoms with Gasteiger partial charge in [-0.15, -0.1) is 0 Å². The standard InChI is InChI=1S/C10H18N4O/c1-10(2)7-15-6-5-14(10)9-4-3-8(11)12-13-9/h3-4,8,12H,5-7,11H2,1-2H3. The number of nitrogens with one attached hydrogen (secondary N) is 1. The van der Waals surface area contributed by atoms with Crippen LogP contribution in [0.25, 0.3) is 0 Å². The number of hydrogen-bond acceptors (Lipinski definition) is 5. The molecular weight excluding hydrogens is 192 g/mol. The number of hydrogen-bond donors (Lipinski definition) is 2. The average molecular weight is 210 g/mol. The van der Waals surface area contributed by atoms with Crippen LogP contribution >= 0.6 is 0 Å². The molecule has 0 saturated carbocycles. The van der Waals surface area contributed by atoms with E-state index < -0.39 is 0 Å². The highest BCUT2D eigenvalue weighted by Gasteiger charge is 2.32. The largest absolute Gasteiger partial charge is 0.377 e. The van der Waals surface area contributed by atoms with Gasteiger partial charge in [0.05, 0.1) is 18.8 Å². The number of morpholine rings is 1. The van der Waals surface area contributed by atoms with Gasteiger partial charge in [-0.3, -0.25) is 5.43 Å². The summed E-state index contributed by atoms with van der Waals surface area (Å²) in [5.74, 6) is 0.935. The maximum atomic E-state index is 5.65. The van der Waals surface area contributed by atoms with Crippen molar-refractivity contribution in [3.8, 4) is 0 Å². The van der Waals surface area contributed by atoms with E-state index in [1.165, 1.54) is 0 Å². The minimum Gasteiger partial charge on any atom is -0.377 e. The van der Waals surface area contributed by atoms with Gasteiger partial charge in [0.15, 0.2) is 0 Å². The summed E-state index contributed by atoms with van der Waals surface area (Å²) in [5.41, 5.74) is 8.50. The molecule has 0 aromatic rings. The van der Waals surface area contributed by atoms with Crippen LogP contribution in [0.2, 0.25) is 0 Å². The molecule has 0 aliphatic carbocycles. The molecule has 15 heavy (non-hydrogen) atoms. The Hall–Kier alpha value is -1.07. The van der Waals surface area contributed by atoms with Crippen LogP contribution in [0.5, 0.6) is 0 Å². The van der Waals surface area contributed by atoms with Crippen molar-refractivity contribution in [3.63, 3.8) is 0 Å². The lowest BCUT2D eigenvalue weighted by atomic mass is 10.0. The SMILES string of the molecule is CC1(C)COCCN1C1=NNC(N)C=C1. The smallest absolute Gasteiger partial charge is 0.148 e. The molecule has 2 heterocycles. The van der Waals surface area contributed by atoms with E-state index in [-0.39, 0.29) is 11.7 Å². The van der Waals surface area contributed by atoms with E-state index in [2.05, 4.69) is 29.3 Å². The highest BCUT2D eigenvalue weighted by Crippen LogP contribution is 2.20. The van der Waals surface area contributed by atoms with E-state index >= 15 is 0 Å². The first-order valence-corrected chi connectivity index (χ1v) is 5.22. The van der Waals surface area contributed by atoms with Crippen LogP contribution in [0, 0.1) is 0 Å². The molecule has 5 nitrogen and oxygen atoms in total. The lowest BCUT2D eigenvalue weighted by Gasteiger charge is -2.43. The Morgan fingerprint density at radius 1 is 1.67 bits per heavy atom. The number of hydrazone groups is 1. The Morgan fingerprint density at radius 2 is 2.47 bits per heavy atom.